The molecule has 182 valence electrons. The van der Waals surface area contributed by atoms with E-state index in [1.165, 1.54) is 24.0 Å². The Morgan fingerprint density at radius 2 is 1.24 bits per heavy atom. The molecule has 5 nitrogen and oxygen atoms in total. The number of aromatic nitrogens is 4. The van der Waals surface area contributed by atoms with Crippen molar-refractivity contribution in [3.05, 3.63) is 42.5 Å². The third kappa shape index (κ3) is 5.63. The first kappa shape index (κ1) is 24.7. The number of methoxy groups -OCH3 is 1. The van der Waals surface area contributed by atoms with Crippen molar-refractivity contribution in [2.75, 3.05) is 7.11 Å². The van der Waals surface area contributed by atoms with Crippen LogP contribution >= 0.6 is 0 Å². The first-order valence-corrected chi connectivity index (χ1v) is 20.0. The maximum Gasteiger partial charge on any atom is 0.177 e. The topological polar surface area (TPSA) is 44.9 Å². The fourth-order valence-electron chi connectivity index (χ4n) is 4.63. The Labute approximate surface area is 206 Å². The molecule has 0 saturated carbocycles. The van der Waals surface area contributed by atoms with E-state index in [4.69, 9.17) is 14.7 Å². The lowest BCUT2D eigenvalue weighted by Gasteiger charge is -2.18. The number of rotatable bonds is 10. The number of aryl methyl sites for hydroxylation is 2. The Bertz CT molecular complexity index is 1280. The van der Waals surface area contributed by atoms with E-state index < -0.39 is 16.1 Å². The van der Waals surface area contributed by atoms with Crippen molar-refractivity contribution in [1.29, 1.82) is 0 Å². The molecule has 0 aliphatic rings. The fraction of sp³-hybridized carbons (Fsp3) is 0.481. The minimum atomic E-state index is -1.12. The lowest BCUT2D eigenvalue weighted by atomic mass is 10.3. The second-order valence-electron chi connectivity index (χ2n) is 11.8. The minimum absolute atomic E-state index is 0.869. The molecule has 0 unspecified atom stereocenters. The van der Waals surface area contributed by atoms with Gasteiger partial charge in [-0.25, -0.2) is 9.97 Å². The van der Waals surface area contributed by atoms with Crippen LogP contribution in [0.3, 0.4) is 0 Å². The van der Waals surface area contributed by atoms with E-state index in [2.05, 4.69) is 84.8 Å². The van der Waals surface area contributed by atoms with Crippen LogP contribution in [0.15, 0.2) is 42.5 Å². The van der Waals surface area contributed by atoms with Crippen LogP contribution in [0.2, 0.25) is 51.4 Å². The lowest BCUT2D eigenvalue weighted by molar-refractivity contribution is 0.415. The summed E-state index contributed by atoms with van der Waals surface area (Å²) in [5.74, 6) is 2.83. The van der Waals surface area contributed by atoms with Gasteiger partial charge in [0, 0.05) is 35.3 Å². The van der Waals surface area contributed by atoms with E-state index in [0.29, 0.717) is 0 Å². The van der Waals surface area contributed by atoms with Crippen LogP contribution in [0.25, 0.3) is 33.7 Å². The minimum Gasteiger partial charge on any atom is -0.497 e. The third-order valence-corrected chi connectivity index (χ3v) is 10.1. The Morgan fingerprint density at radius 3 is 1.79 bits per heavy atom. The standard InChI is InChI=1S/C27H40N4OSi2/c1-32-21-14-15-23-25(20-21)31(17-11-19-34(5,6)7)27(29-23)26-28-22-12-8-9-13-24(22)30(26)16-10-18-33(2,3)4/h8-9,12-15,20H,10-11,16-19H2,1-7H3. The van der Waals surface area contributed by atoms with Gasteiger partial charge >= 0.3 is 0 Å². The molecule has 0 fully saturated rings. The molecule has 0 spiro atoms. The highest BCUT2D eigenvalue weighted by atomic mass is 28.3. The molecule has 0 saturated heterocycles. The zero-order valence-electron chi connectivity index (χ0n) is 22.0. The Hall–Kier alpha value is -2.39. The summed E-state index contributed by atoms with van der Waals surface area (Å²) in [6, 6.07) is 17.3. The van der Waals surface area contributed by atoms with Gasteiger partial charge in [0.1, 0.15) is 5.75 Å². The lowest BCUT2D eigenvalue weighted by Crippen LogP contribution is -2.20. The summed E-state index contributed by atoms with van der Waals surface area (Å²) in [6.45, 7) is 16.6. The number of ether oxygens (including phenoxy) is 1. The Morgan fingerprint density at radius 1 is 0.706 bits per heavy atom. The summed E-state index contributed by atoms with van der Waals surface area (Å²) in [5, 5.41) is 0. The van der Waals surface area contributed by atoms with Crippen molar-refractivity contribution in [3.8, 4) is 17.4 Å². The summed E-state index contributed by atoms with van der Waals surface area (Å²) in [6.07, 6.45) is 2.33. The number of benzene rings is 2. The monoisotopic (exact) mass is 492 g/mol. The molecule has 0 N–H and O–H groups in total. The molecule has 7 heteroatoms. The third-order valence-electron chi connectivity index (χ3n) is 6.43. The zero-order chi connectivity index (χ0) is 24.5. The molecule has 0 aliphatic carbocycles. The normalized spacial score (nSPS) is 12.7. The number of imidazole rings is 2. The van der Waals surface area contributed by atoms with Crippen molar-refractivity contribution in [3.63, 3.8) is 0 Å². The second-order valence-corrected chi connectivity index (χ2v) is 23.1. The molecule has 0 radical (unpaired) electrons. The van der Waals surface area contributed by atoms with Crippen LogP contribution in [0.5, 0.6) is 5.75 Å². The molecular formula is C27H40N4OSi2. The van der Waals surface area contributed by atoms with E-state index in [1.54, 1.807) is 7.11 Å². The summed E-state index contributed by atoms with van der Waals surface area (Å²) in [7, 11) is -0.496. The first-order valence-electron chi connectivity index (χ1n) is 12.6. The average Bonchev–Trinajstić information content (AvgIpc) is 3.30. The highest BCUT2D eigenvalue weighted by Gasteiger charge is 2.22. The van der Waals surface area contributed by atoms with Crippen molar-refractivity contribution >= 4 is 38.2 Å². The smallest absolute Gasteiger partial charge is 0.177 e. The molecule has 2 aromatic heterocycles. The number of para-hydroxylation sites is 2. The number of nitrogens with zero attached hydrogens (tertiary/aromatic N) is 4. The van der Waals surface area contributed by atoms with Crippen LogP contribution in [-0.4, -0.2) is 42.4 Å². The van der Waals surface area contributed by atoms with Gasteiger partial charge in [0.2, 0.25) is 0 Å². The highest BCUT2D eigenvalue weighted by molar-refractivity contribution is 6.76. The maximum absolute atomic E-state index is 5.56. The number of hydrogen-bond acceptors (Lipinski definition) is 3. The second kappa shape index (κ2) is 9.70. The van der Waals surface area contributed by atoms with E-state index >= 15 is 0 Å². The van der Waals surface area contributed by atoms with Gasteiger partial charge in [-0.1, -0.05) is 63.5 Å². The maximum atomic E-state index is 5.56. The summed E-state index contributed by atoms with van der Waals surface area (Å²) in [5.41, 5.74) is 4.38. The summed E-state index contributed by atoms with van der Waals surface area (Å²) < 4.78 is 10.3. The van der Waals surface area contributed by atoms with Crippen LogP contribution in [0.4, 0.5) is 0 Å². The Balaban J connectivity index is 1.82. The van der Waals surface area contributed by atoms with E-state index in [1.807, 2.05) is 6.07 Å². The Kier molecular flexibility index (Phi) is 7.05. The molecule has 0 bridgehead atoms. The van der Waals surface area contributed by atoms with Gasteiger partial charge < -0.3 is 13.9 Å². The molecule has 2 heterocycles. The summed E-state index contributed by atoms with van der Waals surface area (Å²) in [4.78, 5) is 10.3. The van der Waals surface area contributed by atoms with E-state index in [9.17, 15) is 0 Å². The van der Waals surface area contributed by atoms with E-state index in [-0.39, 0.29) is 0 Å². The van der Waals surface area contributed by atoms with Crippen LogP contribution in [0, 0.1) is 0 Å². The highest BCUT2D eigenvalue weighted by Crippen LogP contribution is 2.31. The largest absolute Gasteiger partial charge is 0.497 e. The van der Waals surface area contributed by atoms with Gasteiger partial charge in [-0.2, -0.15) is 0 Å². The van der Waals surface area contributed by atoms with E-state index in [0.717, 1.165) is 53.5 Å². The summed E-state index contributed by atoms with van der Waals surface area (Å²) >= 11 is 0. The predicted octanol–water partition coefficient (Wildman–Crippen LogP) is 7.52. The van der Waals surface area contributed by atoms with Gasteiger partial charge in [0.05, 0.1) is 29.2 Å². The quantitative estimate of drug-likeness (QED) is 0.215. The van der Waals surface area contributed by atoms with Crippen molar-refractivity contribution in [1.82, 2.24) is 19.1 Å². The molecule has 2 aromatic carbocycles. The molecule has 0 atom stereocenters. The number of hydrogen-bond donors (Lipinski definition) is 0. The van der Waals surface area contributed by atoms with Gasteiger partial charge in [0.25, 0.3) is 0 Å². The molecule has 4 rings (SSSR count). The van der Waals surface area contributed by atoms with Gasteiger partial charge in [0.15, 0.2) is 11.6 Å². The zero-order valence-corrected chi connectivity index (χ0v) is 24.0. The van der Waals surface area contributed by atoms with Crippen molar-refractivity contribution in [2.45, 2.75) is 77.3 Å². The van der Waals surface area contributed by atoms with Crippen LogP contribution < -0.4 is 4.74 Å². The predicted molar refractivity (Wildman–Crippen MR) is 151 cm³/mol. The SMILES string of the molecule is COc1ccc2nc(-c3nc4ccccc4n3CCC[Si](C)(C)C)n(CCC[Si](C)(C)C)c2c1. The van der Waals surface area contributed by atoms with Gasteiger partial charge in [-0.3, -0.25) is 0 Å². The molecule has 0 aliphatic heterocycles. The van der Waals surface area contributed by atoms with Crippen LogP contribution in [-0.2, 0) is 13.1 Å². The van der Waals surface area contributed by atoms with Gasteiger partial charge in [-0.05, 0) is 37.1 Å². The fourth-order valence-corrected chi connectivity index (χ4v) is 7.07. The molecular weight excluding hydrogens is 452 g/mol. The van der Waals surface area contributed by atoms with Crippen molar-refractivity contribution < 1.29 is 4.74 Å². The van der Waals surface area contributed by atoms with Gasteiger partial charge in [-0.15, -0.1) is 0 Å². The van der Waals surface area contributed by atoms with Crippen LogP contribution in [0.1, 0.15) is 12.8 Å². The molecule has 0 amide bonds. The molecule has 34 heavy (non-hydrogen) atoms. The molecule has 4 aromatic rings. The average molecular weight is 493 g/mol. The van der Waals surface area contributed by atoms with Crippen molar-refractivity contribution in [2.24, 2.45) is 0 Å². The number of fused-ring (bicyclic) bond motifs is 2. The first-order chi connectivity index (χ1) is 16.1.